The van der Waals surface area contributed by atoms with Crippen molar-refractivity contribution in [3.8, 4) is 11.5 Å². The van der Waals surface area contributed by atoms with Crippen LogP contribution in [0.4, 0.5) is 0 Å². The number of hydrogen-bond donors (Lipinski definition) is 2. The summed E-state index contributed by atoms with van der Waals surface area (Å²) < 4.78 is 11.6. The summed E-state index contributed by atoms with van der Waals surface area (Å²) in [5.41, 5.74) is 0. The number of rotatable bonds is 6. The molecular weight excluding hydrogens is 278 g/mol. The van der Waals surface area contributed by atoms with E-state index >= 15 is 0 Å². The molecule has 1 aromatic carbocycles. The zero-order valence-corrected chi connectivity index (χ0v) is 13.8. The fourth-order valence-corrected chi connectivity index (χ4v) is 2.31. The van der Waals surface area contributed by atoms with Crippen LogP contribution in [0.3, 0.4) is 0 Å². The summed E-state index contributed by atoms with van der Waals surface area (Å²) in [4.78, 5) is 4.23. The molecule has 0 radical (unpaired) electrons. The summed E-state index contributed by atoms with van der Waals surface area (Å²) in [6.07, 6.45) is 2.36. The SMILES string of the molecule is CN=C(NCCCC(C)C)NCC1COc2ccccc2O1. The Labute approximate surface area is 133 Å². The number of hydrogen-bond acceptors (Lipinski definition) is 3. The Kier molecular flexibility index (Phi) is 6.37. The zero-order chi connectivity index (χ0) is 15.8. The summed E-state index contributed by atoms with van der Waals surface area (Å²) in [5.74, 6) is 3.17. The van der Waals surface area contributed by atoms with Gasteiger partial charge in [0.15, 0.2) is 17.5 Å². The van der Waals surface area contributed by atoms with Crippen molar-refractivity contribution in [2.75, 3.05) is 26.7 Å². The molecule has 5 heteroatoms. The Hall–Kier alpha value is -1.91. The molecule has 0 aliphatic carbocycles. The van der Waals surface area contributed by atoms with Crippen LogP contribution in [0, 0.1) is 5.92 Å². The molecule has 1 atom stereocenters. The maximum Gasteiger partial charge on any atom is 0.191 e. The summed E-state index contributed by atoms with van der Waals surface area (Å²) in [6.45, 7) is 6.63. The molecule has 5 nitrogen and oxygen atoms in total. The van der Waals surface area contributed by atoms with Gasteiger partial charge in [-0.05, 0) is 30.9 Å². The number of fused-ring (bicyclic) bond motifs is 1. The first-order valence-corrected chi connectivity index (χ1v) is 8.02. The third-order valence-electron chi connectivity index (χ3n) is 3.54. The van der Waals surface area contributed by atoms with Gasteiger partial charge in [0.25, 0.3) is 0 Å². The van der Waals surface area contributed by atoms with E-state index in [1.165, 1.54) is 6.42 Å². The average molecular weight is 305 g/mol. The molecule has 122 valence electrons. The van der Waals surface area contributed by atoms with Gasteiger partial charge < -0.3 is 20.1 Å². The number of para-hydroxylation sites is 2. The second-order valence-electron chi connectivity index (χ2n) is 5.91. The molecule has 0 bridgehead atoms. The minimum Gasteiger partial charge on any atom is -0.486 e. The Morgan fingerprint density at radius 2 is 2.05 bits per heavy atom. The molecule has 2 N–H and O–H groups in total. The van der Waals surface area contributed by atoms with E-state index in [1.54, 1.807) is 7.05 Å². The van der Waals surface area contributed by atoms with Gasteiger partial charge >= 0.3 is 0 Å². The lowest BCUT2D eigenvalue weighted by Crippen LogP contribution is -2.45. The van der Waals surface area contributed by atoms with Gasteiger partial charge in [0, 0.05) is 13.6 Å². The van der Waals surface area contributed by atoms with Crippen LogP contribution in [0.15, 0.2) is 29.3 Å². The number of ether oxygens (including phenoxy) is 2. The second-order valence-corrected chi connectivity index (χ2v) is 5.91. The van der Waals surface area contributed by atoms with Crippen molar-refractivity contribution < 1.29 is 9.47 Å². The van der Waals surface area contributed by atoms with E-state index in [2.05, 4.69) is 29.5 Å². The van der Waals surface area contributed by atoms with E-state index in [9.17, 15) is 0 Å². The lowest BCUT2D eigenvalue weighted by molar-refractivity contribution is 0.0936. The highest BCUT2D eigenvalue weighted by Gasteiger charge is 2.20. The monoisotopic (exact) mass is 305 g/mol. The van der Waals surface area contributed by atoms with E-state index < -0.39 is 0 Å². The van der Waals surface area contributed by atoms with Gasteiger partial charge in [-0.2, -0.15) is 0 Å². The first-order valence-electron chi connectivity index (χ1n) is 8.02. The molecule has 1 unspecified atom stereocenters. The van der Waals surface area contributed by atoms with Crippen molar-refractivity contribution in [1.29, 1.82) is 0 Å². The van der Waals surface area contributed by atoms with Crippen LogP contribution in [0.2, 0.25) is 0 Å². The molecule has 1 aliphatic rings. The quantitative estimate of drug-likeness (QED) is 0.481. The highest BCUT2D eigenvalue weighted by atomic mass is 16.6. The number of benzene rings is 1. The third-order valence-corrected chi connectivity index (χ3v) is 3.54. The molecule has 1 aliphatic heterocycles. The molecule has 0 aromatic heterocycles. The van der Waals surface area contributed by atoms with Crippen LogP contribution >= 0.6 is 0 Å². The molecule has 0 fully saturated rings. The molecule has 2 rings (SSSR count). The van der Waals surface area contributed by atoms with Crippen molar-refractivity contribution >= 4 is 5.96 Å². The van der Waals surface area contributed by atoms with Crippen LogP contribution in [0.1, 0.15) is 26.7 Å². The molecule has 0 amide bonds. The van der Waals surface area contributed by atoms with Crippen LogP contribution in [0.5, 0.6) is 11.5 Å². The Morgan fingerprint density at radius 1 is 1.27 bits per heavy atom. The predicted octanol–water partition coefficient (Wildman–Crippen LogP) is 2.43. The van der Waals surface area contributed by atoms with E-state index in [-0.39, 0.29) is 6.10 Å². The summed E-state index contributed by atoms with van der Waals surface area (Å²) in [6, 6.07) is 7.76. The first kappa shape index (κ1) is 16.5. The van der Waals surface area contributed by atoms with Gasteiger partial charge in [0.05, 0.1) is 6.54 Å². The lowest BCUT2D eigenvalue weighted by atomic mass is 10.1. The first-order chi connectivity index (χ1) is 10.7. The minimum atomic E-state index is -0.0101. The summed E-state index contributed by atoms with van der Waals surface area (Å²) >= 11 is 0. The van der Waals surface area contributed by atoms with Crippen molar-refractivity contribution in [1.82, 2.24) is 10.6 Å². The van der Waals surface area contributed by atoms with Gasteiger partial charge in [-0.25, -0.2) is 0 Å². The van der Waals surface area contributed by atoms with E-state index in [0.717, 1.165) is 36.3 Å². The topological polar surface area (TPSA) is 54.9 Å². The fraction of sp³-hybridized carbons (Fsp3) is 0.588. The molecule has 0 spiro atoms. The average Bonchev–Trinajstić information content (AvgIpc) is 2.53. The smallest absolute Gasteiger partial charge is 0.191 e. The van der Waals surface area contributed by atoms with Crippen LogP contribution in [-0.2, 0) is 0 Å². The maximum atomic E-state index is 5.91. The third kappa shape index (κ3) is 5.13. The predicted molar refractivity (Wildman–Crippen MR) is 89.8 cm³/mol. The number of guanidine groups is 1. The lowest BCUT2D eigenvalue weighted by Gasteiger charge is -2.27. The normalized spacial score (nSPS) is 17.5. The van der Waals surface area contributed by atoms with E-state index in [4.69, 9.17) is 9.47 Å². The van der Waals surface area contributed by atoms with E-state index in [1.807, 2.05) is 24.3 Å². The Bertz CT molecular complexity index is 489. The number of nitrogens with zero attached hydrogens (tertiary/aromatic N) is 1. The largest absolute Gasteiger partial charge is 0.486 e. The second kappa shape index (κ2) is 8.51. The Balaban J connectivity index is 1.71. The minimum absolute atomic E-state index is 0.0101. The molecule has 0 saturated heterocycles. The number of nitrogens with one attached hydrogen (secondary N) is 2. The molecule has 1 aromatic rings. The van der Waals surface area contributed by atoms with Gasteiger partial charge in [-0.3, -0.25) is 4.99 Å². The van der Waals surface area contributed by atoms with Crippen LogP contribution in [0.25, 0.3) is 0 Å². The molecule has 22 heavy (non-hydrogen) atoms. The number of aliphatic imine (C=N–C) groups is 1. The van der Waals surface area contributed by atoms with Crippen molar-refractivity contribution in [3.05, 3.63) is 24.3 Å². The van der Waals surface area contributed by atoms with Crippen LogP contribution < -0.4 is 20.1 Å². The van der Waals surface area contributed by atoms with Crippen LogP contribution in [-0.4, -0.2) is 38.8 Å². The zero-order valence-electron chi connectivity index (χ0n) is 13.8. The van der Waals surface area contributed by atoms with E-state index in [0.29, 0.717) is 13.2 Å². The van der Waals surface area contributed by atoms with Crippen molar-refractivity contribution in [2.24, 2.45) is 10.9 Å². The van der Waals surface area contributed by atoms with Gasteiger partial charge in [-0.15, -0.1) is 0 Å². The van der Waals surface area contributed by atoms with Crippen molar-refractivity contribution in [2.45, 2.75) is 32.8 Å². The van der Waals surface area contributed by atoms with Gasteiger partial charge in [0.1, 0.15) is 12.7 Å². The van der Waals surface area contributed by atoms with Crippen molar-refractivity contribution in [3.63, 3.8) is 0 Å². The summed E-state index contributed by atoms with van der Waals surface area (Å²) in [7, 11) is 1.78. The highest BCUT2D eigenvalue weighted by molar-refractivity contribution is 5.79. The molecule has 1 heterocycles. The van der Waals surface area contributed by atoms with Gasteiger partial charge in [-0.1, -0.05) is 26.0 Å². The molecule has 0 saturated carbocycles. The Morgan fingerprint density at radius 3 is 2.77 bits per heavy atom. The summed E-state index contributed by atoms with van der Waals surface area (Å²) in [5, 5.41) is 6.62. The standard InChI is InChI=1S/C17H27N3O2/c1-13(2)7-6-10-19-17(18-3)20-11-14-12-21-15-8-4-5-9-16(15)22-14/h4-5,8-9,13-14H,6-7,10-12H2,1-3H3,(H2,18,19,20). The highest BCUT2D eigenvalue weighted by Crippen LogP contribution is 2.30. The van der Waals surface area contributed by atoms with Gasteiger partial charge in [0.2, 0.25) is 0 Å². The molecular formula is C17H27N3O2. The maximum absolute atomic E-state index is 5.91. The fourth-order valence-electron chi connectivity index (χ4n) is 2.31.